The predicted molar refractivity (Wildman–Crippen MR) is 53.5 cm³/mol. The summed E-state index contributed by atoms with van der Waals surface area (Å²) in [5, 5.41) is 3.93. The van der Waals surface area contributed by atoms with Gasteiger partial charge in [0.05, 0.1) is 29.1 Å². The van der Waals surface area contributed by atoms with Crippen LogP contribution in [-0.4, -0.2) is 62.6 Å². The molecule has 0 bridgehead atoms. The number of hydrogen-bond donors (Lipinski definition) is 2. The second-order valence-electron chi connectivity index (χ2n) is 3.23. The maximum Gasteiger partial charge on any atom is 1.00 e. The Morgan fingerprint density at radius 1 is 1.35 bits per heavy atom. The molecule has 17 heavy (non-hydrogen) atoms. The SMILES string of the molecule is O=C(NCCS(=O)(=O)[O-])NN1CCOCC1.[Na+]. The third kappa shape index (κ3) is 8.77. The number of hydrazine groups is 1. The molecule has 0 aromatic heterocycles. The van der Waals surface area contributed by atoms with Crippen LogP contribution >= 0.6 is 0 Å². The van der Waals surface area contributed by atoms with Gasteiger partial charge in [-0.2, -0.15) is 0 Å². The summed E-state index contributed by atoms with van der Waals surface area (Å²) >= 11 is 0. The van der Waals surface area contributed by atoms with Gasteiger partial charge in [0.2, 0.25) is 0 Å². The fraction of sp³-hybridized carbons (Fsp3) is 0.857. The van der Waals surface area contributed by atoms with Crippen LogP contribution in [0.2, 0.25) is 0 Å². The van der Waals surface area contributed by atoms with Crippen molar-refractivity contribution in [1.82, 2.24) is 15.8 Å². The van der Waals surface area contributed by atoms with Crippen molar-refractivity contribution in [3.63, 3.8) is 0 Å². The Hall–Kier alpha value is 0.1000. The third-order valence-corrected chi connectivity index (χ3v) is 2.61. The molecular formula is C7H14N3NaO5S. The van der Waals surface area contributed by atoms with Crippen LogP contribution in [0.25, 0.3) is 0 Å². The first-order valence-corrected chi connectivity index (χ1v) is 6.36. The number of morpholine rings is 1. The number of urea groups is 1. The molecule has 2 amide bonds. The number of nitrogens with zero attached hydrogens (tertiary/aromatic N) is 1. The minimum absolute atomic E-state index is 0. The first-order chi connectivity index (χ1) is 7.47. The van der Waals surface area contributed by atoms with Crippen molar-refractivity contribution in [2.75, 3.05) is 38.6 Å². The zero-order valence-electron chi connectivity index (χ0n) is 9.64. The average molecular weight is 275 g/mol. The summed E-state index contributed by atoms with van der Waals surface area (Å²) in [6, 6.07) is -0.523. The summed E-state index contributed by atoms with van der Waals surface area (Å²) in [4.78, 5) is 11.2. The normalized spacial score (nSPS) is 17.0. The van der Waals surface area contributed by atoms with E-state index in [0.717, 1.165) is 0 Å². The first-order valence-electron chi connectivity index (χ1n) is 4.78. The molecule has 0 atom stereocenters. The minimum Gasteiger partial charge on any atom is -0.748 e. The van der Waals surface area contributed by atoms with E-state index >= 15 is 0 Å². The van der Waals surface area contributed by atoms with E-state index in [9.17, 15) is 17.8 Å². The number of rotatable bonds is 4. The van der Waals surface area contributed by atoms with Crippen LogP contribution < -0.4 is 40.3 Å². The molecular weight excluding hydrogens is 261 g/mol. The Balaban J connectivity index is 0.00000256. The molecule has 1 fully saturated rings. The Kier molecular flexibility index (Phi) is 8.29. The number of ether oxygens (including phenoxy) is 1. The molecule has 0 spiro atoms. The maximum atomic E-state index is 11.2. The average Bonchev–Trinajstić information content (AvgIpc) is 2.17. The van der Waals surface area contributed by atoms with Gasteiger partial charge >= 0.3 is 35.6 Å². The Morgan fingerprint density at radius 3 is 2.47 bits per heavy atom. The van der Waals surface area contributed by atoms with Gasteiger partial charge in [-0.05, 0) is 0 Å². The van der Waals surface area contributed by atoms with Crippen molar-refractivity contribution in [2.45, 2.75) is 0 Å². The molecule has 1 aliphatic rings. The molecule has 8 nitrogen and oxygen atoms in total. The van der Waals surface area contributed by atoms with E-state index in [0.29, 0.717) is 26.3 Å². The zero-order chi connectivity index (χ0) is 12.0. The Labute approximate surface area is 122 Å². The van der Waals surface area contributed by atoms with Crippen LogP contribution in [0.5, 0.6) is 0 Å². The van der Waals surface area contributed by atoms with E-state index in [2.05, 4.69) is 10.7 Å². The minimum atomic E-state index is -4.28. The summed E-state index contributed by atoms with van der Waals surface area (Å²) in [6.45, 7) is 2.03. The van der Waals surface area contributed by atoms with E-state index in [1.807, 2.05) is 0 Å². The van der Waals surface area contributed by atoms with Crippen molar-refractivity contribution in [2.24, 2.45) is 0 Å². The Bertz CT molecular complexity index is 330. The second-order valence-corrected chi connectivity index (χ2v) is 4.75. The molecule has 0 aliphatic carbocycles. The number of carbonyl (C=O) groups is 1. The van der Waals surface area contributed by atoms with Crippen LogP contribution in [-0.2, 0) is 14.9 Å². The van der Waals surface area contributed by atoms with Gasteiger partial charge < -0.3 is 14.6 Å². The smallest absolute Gasteiger partial charge is 0.748 e. The van der Waals surface area contributed by atoms with Gasteiger partial charge in [-0.15, -0.1) is 0 Å². The van der Waals surface area contributed by atoms with E-state index in [-0.39, 0.29) is 36.1 Å². The van der Waals surface area contributed by atoms with Crippen molar-refractivity contribution in [1.29, 1.82) is 0 Å². The molecule has 10 heteroatoms. The fourth-order valence-electron chi connectivity index (χ4n) is 1.15. The third-order valence-electron chi connectivity index (χ3n) is 1.91. The molecule has 2 N–H and O–H groups in total. The Morgan fingerprint density at radius 2 is 1.94 bits per heavy atom. The topological polar surface area (TPSA) is 111 Å². The first kappa shape index (κ1) is 17.1. The quantitative estimate of drug-likeness (QED) is 0.393. The summed E-state index contributed by atoms with van der Waals surface area (Å²) in [6.07, 6.45) is 0. The monoisotopic (exact) mass is 275 g/mol. The molecule has 0 unspecified atom stereocenters. The standard InChI is InChI=1S/C7H15N3O5S.Na/c11-7(8-1-6-16(12,13)14)9-10-2-4-15-5-3-10;/h1-6H2,(H2,8,9,11)(H,12,13,14);/q;+1/p-1. The van der Waals surface area contributed by atoms with Crippen molar-refractivity contribution < 1.29 is 52.1 Å². The van der Waals surface area contributed by atoms with Gasteiger partial charge in [0.25, 0.3) is 0 Å². The van der Waals surface area contributed by atoms with E-state index in [1.54, 1.807) is 5.01 Å². The molecule has 0 saturated carbocycles. The predicted octanol–water partition coefficient (Wildman–Crippen LogP) is -4.92. The molecule has 94 valence electrons. The van der Waals surface area contributed by atoms with Gasteiger partial charge in [0.15, 0.2) is 0 Å². The molecule has 0 aromatic carbocycles. The molecule has 0 aromatic rings. The van der Waals surface area contributed by atoms with Crippen LogP contribution in [0.4, 0.5) is 4.79 Å². The molecule has 1 saturated heterocycles. The van der Waals surface area contributed by atoms with Gasteiger partial charge in [-0.1, -0.05) is 0 Å². The van der Waals surface area contributed by atoms with Crippen molar-refractivity contribution in [3.05, 3.63) is 0 Å². The summed E-state index contributed by atoms with van der Waals surface area (Å²) in [5.41, 5.74) is 2.51. The van der Waals surface area contributed by atoms with Gasteiger partial charge in [0, 0.05) is 19.6 Å². The van der Waals surface area contributed by atoms with Crippen LogP contribution in [0, 0.1) is 0 Å². The van der Waals surface area contributed by atoms with E-state index in [1.165, 1.54) is 0 Å². The number of amides is 2. The summed E-state index contributed by atoms with van der Waals surface area (Å²) in [7, 11) is -4.28. The van der Waals surface area contributed by atoms with Crippen LogP contribution in [0.3, 0.4) is 0 Å². The van der Waals surface area contributed by atoms with Crippen molar-refractivity contribution >= 4 is 16.1 Å². The molecule has 1 heterocycles. The number of nitrogens with one attached hydrogen (secondary N) is 2. The van der Waals surface area contributed by atoms with Crippen LogP contribution in [0.1, 0.15) is 0 Å². The summed E-state index contributed by atoms with van der Waals surface area (Å²) < 4.78 is 35.8. The van der Waals surface area contributed by atoms with Crippen LogP contribution in [0.15, 0.2) is 0 Å². The van der Waals surface area contributed by atoms with Gasteiger partial charge in [-0.3, -0.25) is 5.43 Å². The molecule has 1 rings (SSSR count). The molecule has 0 radical (unpaired) electrons. The summed E-state index contributed by atoms with van der Waals surface area (Å²) in [5.74, 6) is -0.608. The zero-order valence-corrected chi connectivity index (χ0v) is 12.5. The van der Waals surface area contributed by atoms with Crippen molar-refractivity contribution in [3.8, 4) is 0 Å². The van der Waals surface area contributed by atoms with E-state index in [4.69, 9.17) is 4.74 Å². The number of carbonyl (C=O) groups excluding carboxylic acids is 1. The second kappa shape index (κ2) is 8.25. The fourth-order valence-corrected chi connectivity index (χ4v) is 1.50. The van der Waals surface area contributed by atoms with Gasteiger partial charge in [0.1, 0.15) is 0 Å². The van der Waals surface area contributed by atoms with Gasteiger partial charge in [-0.25, -0.2) is 18.2 Å². The largest absolute Gasteiger partial charge is 1.00 e. The maximum absolute atomic E-state index is 11.2. The van der Waals surface area contributed by atoms with E-state index < -0.39 is 21.9 Å². The number of hydrogen-bond acceptors (Lipinski definition) is 6. The molecule has 1 aliphatic heterocycles.